The Morgan fingerprint density at radius 3 is 2.67 bits per heavy atom. The van der Waals surface area contributed by atoms with Crippen LogP contribution in [0.5, 0.6) is 5.75 Å². The van der Waals surface area contributed by atoms with Gasteiger partial charge in [-0.25, -0.2) is 4.98 Å². The lowest BCUT2D eigenvalue weighted by Crippen LogP contribution is -2.12. The number of anilines is 1. The standard InChI is InChI=1S/C24H25N5O3S/c1-33-21-11-7-19(8-12-21)26-24(30)22-16-32-23(27-22)17-31-20-9-5-18(6-10-20)4-2-3-14-29-15-13-25-28-29/h5-13,15-16H,2-4,14,17H2,1H3,(H,26,30). The van der Waals surface area contributed by atoms with Crippen LogP contribution in [0.1, 0.15) is 34.8 Å². The first-order valence-corrected chi connectivity index (χ1v) is 11.9. The van der Waals surface area contributed by atoms with E-state index in [4.69, 9.17) is 9.15 Å². The number of hydrogen-bond donors (Lipinski definition) is 1. The van der Waals surface area contributed by atoms with E-state index < -0.39 is 0 Å². The maximum atomic E-state index is 12.4. The van der Waals surface area contributed by atoms with E-state index >= 15 is 0 Å². The Morgan fingerprint density at radius 2 is 1.94 bits per heavy atom. The highest BCUT2D eigenvalue weighted by Gasteiger charge is 2.13. The van der Waals surface area contributed by atoms with E-state index in [-0.39, 0.29) is 18.2 Å². The molecule has 0 aliphatic rings. The van der Waals surface area contributed by atoms with E-state index in [2.05, 4.69) is 32.7 Å². The molecule has 0 aliphatic heterocycles. The first kappa shape index (κ1) is 22.6. The van der Waals surface area contributed by atoms with E-state index in [0.29, 0.717) is 11.6 Å². The molecule has 9 heteroatoms. The lowest BCUT2D eigenvalue weighted by atomic mass is 10.1. The topological polar surface area (TPSA) is 95.1 Å². The number of thioether (sulfide) groups is 1. The van der Waals surface area contributed by atoms with E-state index in [1.165, 1.54) is 11.8 Å². The predicted molar refractivity (Wildman–Crippen MR) is 126 cm³/mol. The molecular formula is C24H25N5O3S. The number of carbonyl (C=O) groups is 1. The molecule has 0 spiro atoms. The van der Waals surface area contributed by atoms with Crippen LogP contribution in [0, 0.1) is 0 Å². The van der Waals surface area contributed by atoms with Crippen molar-refractivity contribution in [1.29, 1.82) is 0 Å². The Kier molecular flexibility index (Phi) is 7.76. The summed E-state index contributed by atoms with van der Waals surface area (Å²) in [6.45, 7) is 1.02. The summed E-state index contributed by atoms with van der Waals surface area (Å²) in [5.41, 5.74) is 2.17. The van der Waals surface area contributed by atoms with Gasteiger partial charge in [0.2, 0.25) is 5.89 Å². The molecule has 2 aromatic heterocycles. The van der Waals surface area contributed by atoms with Gasteiger partial charge in [0.1, 0.15) is 12.0 Å². The summed E-state index contributed by atoms with van der Waals surface area (Å²) in [5, 5.41) is 10.6. The predicted octanol–water partition coefficient (Wildman–Crippen LogP) is 4.84. The van der Waals surface area contributed by atoms with Gasteiger partial charge in [0.15, 0.2) is 12.3 Å². The lowest BCUT2D eigenvalue weighted by Gasteiger charge is -2.06. The molecule has 4 aromatic rings. The molecule has 1 amide bonds. The molecule has 8 nitrogen and oxygen atoms in total. The first-order valence-electron chi connectivity index (χ1n) is 10.7. The van der Waals surface area contributed by atoms with Gasteiger partial charge in [0.25, 0.3) is 5.91 Å². The van der Waals surface area contributed by atoms with Gasteiger partial charge in [-0.1, -0.05) is 17.3 Å². The molecule has 0 radical (unpaired) electrons. The quantitative estimate of drug-likeness (QED) is 0.251. The average Bonchev–Trinajstić information content (AvgIpc) is 3.54. The number of oxazole rings is 1. The maximum Gasteiger partial charge on any atom is 0.277 e. The molecule has 0 aliphatic carbocycles. The van der Waals surface area contributed by atoms with Crippen LogP contribution in [0.4, 0.5) is 5.69 Å². The number of unbranched alkanes of at least 4 members (excludes halogenated alkanes) is 1. The Balaban J connectivity index is 1.21. The second kappa shape index (κ2) is 11.3. The van der Waals surface area contributed by atoms with Crippen LogP contribution in [0.15, 0.2) is 76.5 Å². The number of hydrogen-bond acceptors (Lipinski definition) is 7. The van der Waals surface area contributed by atoms with Crippen molar-refractivity contribution in [2.24, 2.45) is 0 Å². The molecule has 33 heavy (non-hydrogen) atoms. The van der Waals surface area contributed by atoms with Crippen LogP contribution in [0.2, 0.25) is 0 Å². The van der Waals surface area contributed by atoms with Gasteiger partial charge in [-0.2, -0.15) is 0 Å². The van der Waals surface area contributed by atoms with E-state index in [9.17, 15) is 4.79 Å². The summed E-state index contributed by atoms with van der Waals surface area (Å²) in [7, 11) is 0. The number of amides is 1. The Bertz CT molecular complexity index is 1140. The SMILES string of the molecule is CSc1ccc(NC(=O)c2coc(COc3ccc(CCCCn4ccnn4)cc3)n2)cc1. The number of benzene rings is 2. The summed E-state index contributed by atoms with van der Waals surface area (Å²) in [6.07, 6.45) is 10.0. The maximum absolute atomic E-state index is 12.4. The smallest absolute Gasteiger partial charge is 0.277 e. The van der Waals surface area contributed by atoms with Gasteiger partial charge in [0.05, 0.1) is 6.20 Å². The number of rotatable bonds is 11. The van der Waals surface area contributed by atoms with Crippen LogP contribution >= 0.6 is 11.8 Å². The molecule has 2 aromatic carbocycles. The monoisotopic (exact) mass is 463 g/mol. The molecule has 170 valence electrons. The molecule has 2 heterocycles. The first-order chi connectivity index (χ1) is 16.2. The second-order valence-corrected chi connectivity index (χ2v) is 8.24. The third kappa shape index (κ3) is 6.69. The summed E-state index contributed by atoms with van der Waals surface area (Å²) in [4.78, 5) is 17.7. The van der Waals surface area contributed by atoms with Crippen molar-refractivity contribution < 1.29 is 13.9 Å². The van der Waals surface area contributed by atoms with Crippen LogP contribution in [-0.4, -0.2) is 32.1 Å². The van der Waals surface area contributed by atoms with E-state index in [1.54, 1.807) is 18.0 Å². The van der Waals surface area contributed by atoms with Gasteiger partial charge < -0.3 is 14.5 Å². The minimum atomic E-state index is -0.324. The minimum Gasteiger partial charge on any atom is -0.484 e. The van der Waals surface area contributed by atoms with Crippen LogP contribution in [-0.2, 0) is 19.6 Å². The summed E-state index contributed by atoms with van der Waals surface area (Å²) in [6, 6.07) is 15.6. The van der Waals surface area contributed by atoms with Crippen molar-refractivity contribution in [1.82, 2.24) is 20.0 Å². The molecule has 0 atom stereocenters. The fourth-order valence-corrected chi connectivity index (χ4v) is 3.61. The van der Waals surface area contributed by atoms with Crippen molar-refractivity contribution >= 4 is 23.4 Å². The molecule has 0 fully saturated rings. The molecule has 0 saturated carbocycles. The fourth-order valence-electron chi connectivity index (χ4n) is 3.20. The summed E-state index contributed by atoms with van der Waals surface area (Å²) >= 11 is 1.65. The number of aromatic nitrogens is 4. The van der Waals surface area contributed by atoms with Crippen molar-refractivity contribution in [2.45, 2.75) is 37.3 Å². The number of nitrogens with one attached hydrogen (secondary N) is 1. The summed E-state index contributed by atoms with van der Waals surface area (Å²) < 4.78 is 13.0. The minimum absolute atomic E-state index is 0.146. The molecule has 0 bridgehead atoms. The summed E-state index contributed by atoms with van der Waals surface area (Å²) in [5.74, 6) is 0.740. The number of nitrogens with zero attached hydrogens (tertiary/aromatic N) is 4. The number of carbonyl (C=O) groups excluding carboxylic acids is 1. The molecular weight excluding hydrogens is 438 g/mol. The zero-order chi connectivity index (χ0) is 22.9. The lowest BCUT2D eigenvalue weighted by molar-refractivity contribution is 0.102. The van der Waals surface area contributed by atoms with Crippen LogP contribution in [0.3, 0.4) is 0 Å². The van der Waals surface area contributed by atoms with Gasteiger partial charge in [-0.05, 0) is 67.5 Å². The average molecular weight is 464 g/mol. The third-order valence-corrected chi connectivity index (χ3v) is 5.74. The van der Waals surface area contributed by atoms with Crippen molar-refractivity contribution in [2.75, 3.05) is 11.6 Å². The fraction of sp³-hybridized carbons (Fsp3) is 0.250. The highest BCUT2D eigenvalue weighted by molar-refractivity contribution is 7.98. The van der Waals surface area contributed by atoms with Gasteiger partial charge in [0, 0.05) is 23.3 Å². The highest BCUT2D eigenvalue weighted by atomic mass is 32.2. The number of aryl methyl sites for hydroxylation is 2. The highest BCUT2D eigenvalue weighted by Crippen LogP contribution is 2.19. The molecule has 0 unspecified atom stereocenters. The Hall–Kier alpha value is -3.59. The van der Waals surface area contributed by atoms with Crippen LogP contribution in [0.25, 0.3) is 0 Å². The van der Waals surface area contributed by atoms with E-state index in [1.807, 2.05) is 53.5 Å². The number of ether oxygens (including phenoxy) is 1. The largest absolute Gasteiger partial charge is 0.484 e. The Morgan fingerprint density at radius 1 is 1.12 bits per heavy atom. The normalized spacial score (nSPS) is 10.8. The van der Waals surface area contributed by atoms with E-state index in [0.717, 1.165) is 36.5 Å². The third-order valence-electron chi connectivity index (χ3n) is 4.99. The Labute approximate surface area is 196 Å². The molecule has 1 N–H and O–H groups in total. The second-order valence-electron chi connectivity index (χ2n) is 7.36. The zero-order valence-electron chi connectivity index (χ0n) is 18.3. The van der Waals surface area contributed by atoms with Crippen LogP contribution < -0.4 is 10.1 Å². The molecule has 4 rings (SSSR count). The van der Waals surface area contributed by atoms with Gasteiger partial charge in [-0.15, -0.1) is 16.9 Å². The van der Waals surface area contributed by atoms with Gasteiger partial charge in [-0.3, -0.25) is 9.48 Å². The van der Waals surface area contributed by atoms with Crippen molar-refractivity contribution in [3.63, 3.8) is 0 Å². The molecule has 0 saturated heterocycles. The van der Waals surface area contributed by atoms with Crippen molar-refractivity contribution in [3.8, 4) is 5.75 Å². The van der Waals surface area contributed by atoms with Crippen molar-refractivity contribution in [3.05, 3.63) is 84.3 Å². The zero-order valence-corrected chi connectivity index (χ0v) is 19.1. The van der Waals surface area contributed by atoms with Gasteiger partial charge >= 0.3 is 0 Å².